The first-order chi connectivity index (χ1) is 14.2. The number of fused-ring (bicyclic) bond motifs is 2. The molecule has 3 aromatic rings. The van der Waals surface area contributed by atoms with Gasteiger partial charge in [-0.05, 0) is 48.4 Å². The van der Waals surface area contributed by atoms with Gasteiger partial charge in [0.15, 0.2) is 0 Å². The molecule has 5 rings (SSSR count). The van der Waals surface area contributed by atoms with Crippen molar-refractivity contribution < 1.29 is 4.79 Å². The second-order valence-corrected chi connectivity index (χ2v) is 8.12. The fraction of sp³-hybridized carbons (Fsp3) is 0.292. The van der Waals surface area contributed by atoms with E-state index in [1.54, 1.807) is 0 Å². The highest BCUT2D eigenvalue weighted by Gasteiger charge is 2.45. The number of anilines is 1. The maximum Gasteiger partial charge on any atom is 0.254 e. The normalized spacial score (nSPS) is 20.6. The first-order valence-corrected chi connectivity index (χ1v) is 10.2. The van der Waals surface area contributed by atoms with Gasteiger partial charge in [0.2, 0.25) is 5.95 Å². The van der Waals surface area contributed by atoms with Crippen molar-refractivity contribution in [2.24, 2.45) is 0 Å². The van der Waals surface area contributed by atoms with Gasteiger partial charge >= 0.3 is 0 Å². The summed E-state index contributed by atoms with van der Waals surface area (Å²) in [6.45, 7) is 1.47. The van der Waals surface area contributed by atoms with Crippen LogP contribution in [0, 0.1) is 0 Å². The molecule has 1 spiro atoms. The van der Waals surface area contributed by atoms with Crippen LogP contribution in [0.2, 0.25) is 0 Å². The number of rotatable bonds is 2. The molecule has 1 atom stereocenters. The van der Waals surface area contributed by atoms with Crippen LogP contribution in [0.1, 0.15) is 40.9 Å². The maximum atomic E-state index is 13.6. The van der Waals surface area contributed by atoms with E-state index in [4.69, 9.17) is 5.73 Å². The Morgan fingerprint density at radius 1 is 1.03 bits per heavy atom. The lowest BCUT2D eigenvalue weighted by Gasteiger charge is -2.40. The summed E-state index contributed by atoms with van der Waals surface area (Å²) in [5, 5.41) is 0. The number of nitrogen functional groups attached to an aromatic ring is 1. The van der Waals surface area contributed by atoms with Gasteiger partial charge in [-0.2, -0.15) is 0 Å². The van der Waals surface area contributed by atoms with Crippen LogP contribution in [0.3, 0.4) is 0 Å². The number of hydrogen-bond acceptors (Lipinski definition) is 4. The largest absolute Gasteiger partial charge is 0.368 e. The summed E-state index contributed by atoms with van der Waals surface area (Å²) < 4.78 is 0. The zero-order valence-electron chi connectivity index (χ0n) is 16.3. The van der Waals surface area contributed by atoms with Crippen molar-refractivity contribution in [2.75, 3.05) is 18.8 Å². The zero-order valence-corrected chi connectivity index (χ0v) is 16.3. The molecule has 0 bridgehead atoms. The van der Waals surface area contributed by atoms with Gasteiger partial charge in [0.25, 0.3) is 5.91 Å². The van der Waals surface area contributed by atoms with Gasteiger partial charge in [0.05, 0.1) is 5.69 Å². The molecule has 1 aliphatic heterocycles. The van der Waals surface area contributed by atoms with Crippen LogP contribution in [0.25, 0.3) is 11.1 Å². The number of carbonyl (C=O) groups excluding carboxylic acids is 1. The zero-order chi connectivity index (χ0) is 19.8. The smallest absolute Gasteiger partial charge is 0.254 e. The van der Waals surface area contributed by atoms with Crippen molar-refractivity contribution in [1.82, 2.24) is 14.9 Å². The summed E-state index contributed by atoms with van der Waals surface area (Å²) in [6, 6.07) is 18.0. The molecular weight excluding hydrogens is 360 g/mol. The highest BCUT2D eigenvalue weighted by atomic mass is 16.2. The second-order valence-electron chi connectivity index (χ2n) is 8.12. The Morgan fingerprint density at radius 2 is 1.83 bits per heavy atom. The van der Waals surface area contributed by atoms with Crippen molar-refractivity contribution in [2.45, 2.75) is 31.1 Å². The van der Waals surface area contributed by atoms with E-state index in [9.17, 15) is 4.79 Å². The summed E-state index contributed by atoms with van der Waals surface area (Å²) in [5.74, 6) is 0.418. The molecule has 1 amide bonds. The van der Waals surface area contributed by atoms with Crippen molar-refractivity contribution in [3.63, 3.8) is 0 Å². The van der Waals surface area contributed by atoms with Gasteiger partial charge in [0.1, 0.15) is 0 Å². The van der Waals surface area contributed by atoms with Crippen LogP contribution in [0.15, 0.2) is 60.8 Å². The summed E-state index contributed by atoms with van der Waals surface area (Å²) >= 11 is 0. The molecule has 29 heavy (non-hydrogen) atoms. The van der Waals surface area contributed by atoms with Gasteiger partial charge in [-0.15, -0.1) is 0 Å². The number of hydrogen-bond donors (Lipinski definition) is 1. The molecule has 2 N–H and O–H groups in total. The highest BCUT2D eigenvalue weighted by molar-refractivity contribution is 6.01. The van der Waals surface area contributed by atoms with Crippen molar-refractivity contribution in [1.29, 1.82) is 0 Å². The van der Waals surface area contributed by atoms with E-state index in [-0.39, 0.29) is 11.3 Å². The van der Waals surface area contributed by atoms with Crippen LogP contribution < -0.4 is 5.73 Å². The van der Waals surface area contributed by atoms with Crippen LogP contribution in [-0.2, 0) is 11.8 Å². The Hall–Kier alpha value is -3.21. The number of nitrogens with zero attached hydrogens (tertiary/aromatic N) is 3. The fourth-order valence-corrected chi connectivity index (χ4v) is 4.97. The van der Waals surface area contributed by atoms with Gasteiger partial charge in [0, 0.05) is 30.3 Å². The molecule has 2 heterocycles. The molecule has 5 heteroatoms. The summed E-state index contributed by atoms with van der Waals surface area (Å²) in [6.07, 6.45) is 5.84. The van der Waals surface area contributed by atoms with Crippen LogP contribution in [-0.4, -0.2) is 33.9 Å². The number of benzene rings is 2. The number of aryl methyl sites for hydroxylation is 1. The lowest BCUT2D eigenvalue weighted by molar-refractivity contribution is 0.0634. The first-order valence-electron chi connectivity index (χ1n) is 10.2. The number of amides is 1. The van der Waals surface area contributed by atoms with Gasteiger partial charge in [-0.25, -0.2) is 9.97 Å². The predicted octanol–water partition coefficient (Wildman–Crippen LogP) is 3.85. The van der Waals surface area contributed by atoms with Crippen molar-refractivity contribution in [3.8, 4) is 11.1 Å². The molecule has 2 aromatic carbocycles. The molecule has 1 fully saturated rings. The summed E-state index contributed by atoms with van der Waals surface area (Å²) in [7, 11) is 0. The Bertz CT molecular complexity index is 1060. The molecule has 0 saturated carbocycles. The third-order valence-electron chi connectivity index (χ3n) is 6.36. The number of piperidine rings is 1. The first kappa shape index (κ1) is 17.9. The van der Waals surface area contributed by atoms with E-state index < -0.39 is 0 Å². The quantitative estimate of drug-likeness (QED) is 0.728. The second kappa shape index (κ2) is 6.99. The molecule has 5 nitrogen and oxygen atoms in total. The topological polar surface area (TPSA) is 72.1 Å². The molecule has 146 valence electrons. The van der Waals surface area contributed by atoms with Crippen LogP contribution in [0.5, 0.6) is 0 Å². The average Bonchev–Trinajstić information content (AvgIpc) is 3.11. The SMILES string of the molecule is Nc1ncc2c(n1)C1(CCCN(C(=O)c3ccccc3-c3ccccc3)C1)CC2. The van der Waals surface area contributed by atoms with Gasteiger partial charge in [-0.3, -0.25) is 4.79 Å². The predicted molar refractivity (Wildman–Crippen MR) is 113 cm³/mol. The molecule has 1 saturated heterocycles. The molecule has 1 aliphatic carbocycles. The Labute approximate surface area is 170 Å². The third kappa shape index (κ3) is 3.07. The molecule has 1 aromatic heterocycles. The summed E-state index contributed by atoms with van der Waals surface area (Å²) in [5.41, 5.74) is 10.8. The van der Waals surface area contributed by atoms with Gasteiger partial charge < -0.3 is 10.6 Å². The number of aromatic nitrogens is 2. The lowest BCUT2D eigenvalue weighted by Crippen LogP contribution is -2.48. The molecular formula is C24H24N4O. The van der Waals surface area contributed by atoms with Crippen molar-refractivity contribution >= 4 is 11.9 Å². The van der Waals surface area contributed by atoms with Crippen LogP contribution in [0.4, 0.5) is 5.95 Å². The van der Waals surface area contributed by atoms with Crippen LogP contribution >= 0.6 is 0 Å². The van der Waals surface area contributed by atoms with E-state index in [1.807, 2.05) is 53.6 Å². The van der Waals surface area contributed by atoms with E-state index in [0.717, 1.165) is 54.6 Å². The Balaban J connectivity index is 1.48. The Kier molecular flexibility index (Phi) is 4.31. The van der Waals surface area contributed by atoms with Crippen molar-refractivity contribution in [3.05, 3.63) is 77.6 Å². The standard InChI is InChI=1S/C24H24N4O/c25-23-26-15-18-11-13-24(21(18)27-23)12-6-14-28(16-24)22(29)20-10-5-4-9-19(20)17-7-2-1-3-8-17/h1-5,7-10,15H,6,11-14,16H2,(H2,25,26,27). The molecule has 1 unspecified atom stereocenters. The minimum atomic E-state index is -0.0952. The van der Waals surface area contributed by atoms with E-state index in [2.05, 4.69) is 22.1 Å². The van der Waals surface area contributed by atoms with E-state index >= 15 is 0 Å². The maximum absolute atomic E-state index is 13.6. The minimum absolute atomic E-state index is 0.0952. The molecule has 0 radical (unpaired) electrons. The Morgan fingerprint density at radius 3 is 2.69 bits per heavy atom. The van der Waals surface area contributed by atoms with Gasteiger partial charge in [-0.1, -0.05) is 48.5 Å². The number of likely N-dealkylation sites (tertiary alicyclic amines) is 1. The number of carbonyl (C=O) groups is 1. The van der Waals surface area contributed by atoms with E-state index in [1.165, 1.54) is 5.56 Å². The average molecular weight is 384 g/mol. The lowest BCUT2D eigenvalue weighted by atomic mass is 9.77. The van der Waals surface area contributed by atoms with E-state index in [0.29, 0.717) is 12.5 Å². The fourth-order valence-electron chi connectivity index (χ4n) is 4.97. The summed E-state index contributed by atoms with van der Waals surface area (Å²) in [4.78, 5) is 24.3. The highest BCUT2D eigenvalue weighted by Crippen LogP contribution is 2.44. The number of nitrogens with two attached hydrogens (primary N) is 1. The third-order valence-corrected chi connectivity index (χ3v) is 6.36. The monoisotopic (exact) mass is 384 g/mol. The minimum Gasteiger partial charge on any atom is -0.368 e. The molecule has 2 aliphatic rings.